The summed E-state index contributed by atoms with van der Waals surface area (Å²) in [6, 6.07) is 2.31. The van der Waals surface area contributed by atoms with Crippen LogP contribution in [0.4, 0.5) is 0 Å². The van der Waals surface area contributed by atoms with Crippen LogP contribution >= 0.6 is 0 Å². The van der Waals surface area contributed by atoms with Gasteiger partial charge in [0.25, 0.3) is 11.5 Å². The summed E-state index contributed by atoms with van der Waals surface area (Å²) in [6.45, 7) is 0.869. The number of carbonyl (C=O) groups is 2. The lowest BCUT2D eigenvalue weighted by molar-refractivity contribution is -0.145. The standard InChI is InChI=1S/C13H16N2O6/c1-20-12(18)6-9-7-15(2-3-21-9)13(19)8-4-10(16)14-11(17)5-8/h4-5,9H,2-3,6-7H2,1H3,(H2,14,16,17). The second kappa shape index (κ2) is 6.40. The third-order valence-corrected chi connectivity index (χ3v) is 3.13. The molecule has 2 N–H and O–H groups in total. The molecule has 0 aromatic carbocycles. The molecule has 1 amide bonds. The molecule has 1 saturated heterocycles. The van der Waals surface area contributed by atoms with Gasteiger partial charge in [0.1, 0.15) is 0 Å². The molecule has 0 saturated carbocycles. The lowest BCUT2D eigenvalue weighted by Crippen LogP contribution is -2.46. The van der Waals surface area contributed by atoms with Crippen LogP contribution < -0.4 is 5.56 Å². The highest BCUT2D eigenvalue weighted by atomic mass is 16.5. The van der Waals surface area contributed by atoms with E-state index in [-0.39, 0.29) is 24.4 Å². The number of esters is 1. The fourth-order valence-corrected chi connectivity index (χ4v) is 2.13. The molecule has 114 valence electrons. The largest absolute Gasteiger partial charge is 0.494 e. The molecule has 0 aliphatic carbocycles. The van der Waals surface area contributed by atoms with Crippen LogP contribution in [-0.2, 0) is 14.3 Å². The molecule has 0 spiro atoms. The molecular weight excluding hydrogens is 280 g/mol. The first-order valence-corrected chi connectivity index (χ1v) is 6.40. The molecule has 21 heavy (non-hydrogen) atoms. The molecule has 8 heteroatoms. The van der Waals surface area contributed by atoms with Crippen molar-refractivity contribution in [3.8, 4) is 5.88 Å². The number of aromatic amines is 1. The van der Waals surface area contributed by atoms with E-state index in [4.69, 9.17) is 4.74 Å². The van der Waals surface area contributed by atoms with Gasteiger partial charge in [-0.2, -0.15) is 0 Å². The molecular formula is C13H16N2O6. The highest BCUT2D eigenvalue weighted by molar-refractivity contribution is 5.94. The van der Waals surface area contributed by atoms with Crippen LogP contribution in [0, 0.1) is 0 Å². The summed E-state index contributed by atoms with van der Waals surface area (Å²) in [5.74, 6) is -1.18. The minimum Gasteiger partial charge on any atom is -0.494 e. The minimum atomic E-state index is -0.558. The number of rotatable bonds is 3. The lowest BCUT2D eigenvalue weighted by Gasteiger charge is -2.32. The smallest absolute Gasteiger partial charge is 0.308 e. The number of hydrogen-bond donors (Lipinski definition) is 2. The Bertz CT molecular complexity index is 597. The van der Waals surface area contributed by atoms with Crippen molar-refractivity contribution in [2.45, 2.75) is 12.5 Å². The number of nitrogens with zero attached hydrogens (tertiary/aromatic N) is 1. The van der Waals surface area contributed by atoms with Gasteiger partial charge in [-0.25, -0.2) is 0 Å². The van der Waals surface area contributed by atoms with Crippen LogP contribution in [-0.4, -0.2) is 59.8 Å². The number of hydrogen-bond acceptors (Lipinski definition) is 6. The second-order valence-corrected chi connectivity index (χ2v) is 4.64. The highest BCUT2D eigenvalue weighted by Crippen LogP contribution is 2.14. The number of aromatic hydroxyl groups is 1. The summed E-state index contributed by atoms with van der Waals surface area (Å²) in [5, 5.41) is 9.33. The monoisotopic (exact) mass is 296 g/mol. The van der Waals surface area contributed by atoms with Crippen molar-refractivity contribution in [2.24, 2.45) is 0 Å². The Morgan fingerprint density at radius 1 is 1.52 bits per heavy atom. The van der Waals surface area contributed by atoms with Crippen molar-refractivity contribution in [3.63, 3.8) is 0 Å². The van der Waals surface area contributed by atoms with Crippen LogP contribution in [0.3, 0.4) is 0 Å². The van der Waals surface area contributed by atoms with Crippen LogP contribution in [0.15, 0.2) is 16.9 Å². The van der Waals surface area contributed by atoms with Crippen LogP contribution in [0.1, 0.15) is 16.8 Å². The molecule has 8 nitrogen and oxygen atoms in total. The van der Waals surface area contributed by atoms with Crippen molar-refractivity contribution >= 4 is 11.9 Å². The molecule has 0 bridgehead atoms. The zero-order chi connectivity index (χ0) is 15.4. The van der Waals surface area contributed by atoms with Crippen molar-refractivity contribution in [1.82, 2.24) is 9.88 Å². The van der Waals surface area contributed by atoms with Crippen LogP contribution in [0.25, 0.3) is 0 Å². The summed E-state index contributed by atoms with van der Waals surface area (Å²) in [5.41, 5.74) is -0.465. The molecule has 1 aliphatic rings. The molecule has 2 rings (SSSR count). The van der Waals surface area contributed by atoms with Gasteiger partial charge >= 0.3 is 5.97 Å². The van der Waals surface area contributed by atoms with Gasteiger partial charge in [0, 0.05) is 25.2 Å². The number of carbonyl (C=O) groups excluding carboxylic acids is 2. The van der Waals surface area contributed by atoms with Gasteiger partial charge in [0.2, 0.25) is 0 Å². The Hall–Kier alpha value is -2.35. The number of pyridine rings is 1. The molecule has 1 aliphatic heterocycles. The first-order valence-electron chi connectivity index (χ1n) is 6.40. The average Bonchev–Trinajstić information content (AvgIpc) is 2.45. The normalized spacial score (nSPS) is 18.3. The third kappa shape index (κ3) is 3.82. The summed E-state index contributed by atoms with van der Waals surface area (Å²) in [7, 11) is 1.28. The molecule has 1 fully saturated rings. The summed E-state index contributed by atoms with van der Waals surface area (Å²) in [6.07, 6.45) is -0.383. The van der Waals surface area contributed by atoms with Gasteiger partial charge in [-0.1, -0.05) is 0 Å². The average molecular weight is 296 g/mol. The second-order valence-electron chi connectivity index (χ2n) is 4.64. The first-order chi connectivity index (χ1) is 9.99. The molecule has 0 radical (unpaired) electrons. The minimum absolute atomic E-state index is 0.0565. The van der Waals surface area contributed by atoms with E-state index < -0.39 is 23.5 Å². The van der Waals surface area contributed by atoms with Gasteiger partial charge in [0.05, 0.1) is 31.8 Å². The van der Waals surface area contributed by atoms with E-state index in [1.165, 1.54) is 18.1 Å². The number of methoxy groups -OCH3 is 1. The third-order valence-electron chi connectivity index (χ3n) is 3.13. The molecule has 2 heterocycles. The molecule has 1 aromatic rings. The number of nitrogens with one attached hydrogen (secondary N) is 1. The summed E-state index contributed by atoms with van der Waals surface area (Å²) < 4.78 is 9.97. The number of H-pyrrole nitrogens is 1. The Kier molecular flexibility index (Phi) is 4.59. The Labute approximate surface area is 120 Å². The van der Waals surface area contributed by atoms with E-state index in [9.17, 15) is 19.5 Å². The maximum absolute atomic E-state index is 12.3. The topological polar surface area (TPSA) is 109 Å². The number of amides is 1. The van der Waals surface area contributed by atoms with E-state index in [2.05, 4.69) is 9.72 Å². The Morgan fingerprint density at radius 3 is 2.95 bits per heavy atom. The maximum Gasteiger partial charge on any atom is 0.308 e. The van der Waals surface area contributed by atoms with Crippen molar-refractivity contribution in [2.75, 3.05) is 26.8 Å². The fourth-order valence-electron chi connectivity index (χ4n) is 2.13. The fraction of sp³-hybridized carbons (Fsp3) is 0.462. The maximum atomic E-state index is 12.3. The van der Waals surface area contributed by atoms with Crippen LogP contribution in [0.2, 0.25) is 0 Å². The van der Waals surface area contributed by atoms with E-state index in [0.29, 0.717) is 13.2 Å². The predicted molar refractivity (Wildman–Crippen MR) is 71.0 cm³/mol. The van der Waals surface area contributed by atoms with E-state index in [1.807, 2.05) is 0 Å². The Balaban J connectivity index is 2.08. The number of ether oxygens (including phenoxy) is 2. The zero-order valence-electron chi connectivity index (χ0n) is 11.5. The molecule has 1 aromatic heterocycles. The van der Waals surface area contributed by atoms with E-state index in [0.717, 1.165) is 6.07 Å². The lowest BCUT2D eigenvalue weighted by atomic mass is 10.1. The van der Waals surface area contributed by atoms with Gasteiger partial charge in [-0.3, -0.25) is 19.4 Å². The first kappa shape index (κ1) is 15.0. The van der Waals surface area contributed by atoms with Crippen molar-refractivity contribution in [3.05, 3.63) is 28.0 Å². The van der Waals surface area contributed by atoms with Gasteiger partial charge in [-0.05, 0) is 0 Å². The van der Waals surface area contributed by atoms with Gasteiger partial charge in [0.15, 0.2) is 5.88 Å². The predicted octanol–water partition coefficient (Wildman–Crippen LogP) is -0.515. The van der Waals surface area contributed by atoms with Gasteiger partial charge in [-0.15, -0.1) is 0 Å². The molecule has 1 unspecified atom stereocenters. The number of aromatic nitrogens is 1. The molecule has 1 atom stereocenters. The van der Waals surface area contributed by atoms with Crippen molar-refractivity contribution in [1.29, 1.82) is 0 Å². The van der Waals surface area contributed by atoms with Crippen LogP contribution in [0.5, 0.6) is 5.88 Å². The summed E-state index contributed by atoms with van der Waals surface area (Å²) >= 11 is 0. The van der Waals surface area contributed by atoms with Gasteiger partial charge < -0.3 is 19.5 Å². The number of morpholine rings is 1. The van der Waals surface area contributed by atoms with E-state index in [1.54, 1.807) is 0 Å². The summed E-state index contributed by atoms with van der Waals surface area (Å²) in [4.78, 5) is 38.4. The van der Waals surface area contributed by atoms with E-state index >= 15 is 0 Å². The highest BCUT2D eigenvalue weighted by Gasteiger charge is 2.27. The SMILES string of the molecule is COC(=O)CC1CN(C(=O)c2cc(O)[nH]c(=O)c2)CCO1. The Morgan fingerprint density at radius 2 is 2.29 bits per heavy atom. The zero-order valence-corrected chi connectivity index (χ0v) is 11.5. The van der Waals surface area contributed by atoms with Crippen molar-refractivity contribution < 1.29 is 24.2 Å². The quantitative estimate of drug-likeness (QED) is 0.727.